The molecule has 0 radical (unpaired) electrons. The van der Waals surface area contributed by atoms with Gasteiger partial charge in [-0.05, 0) is 36.6 Å². The van der Waals surface area contributed by atoms with Gasteiger partial charge in [0.15, 0.2) is 6.29 Å². The number of aliphatic hydroxyl groups is 2. The number of hydrogen-bond acceptors (Lipinski definition) is 8. The first-order valence-electron chi connectivity index (χ1n) is 11.7. The molecule has 10 N–H and O–H groups in total. The van der Waals surface area contributed by atoms with Gasteiger partial charge in [0.2, 0.25) is 11.8 Å². The maximum Gasteiger partial charge on any atom is 0.407 e. The van der Waals surface area contributed by atoms with Gasteiger partial charge in [-0.2, -0.15) is 0 Å². The molecule has 200 valence electrons. The third kappa shape index (κ3) is 10.2. The molecule has 12 nitrogen and oxygen atoms in total. The van der Waals surface area contributed by atoms with E-state index in [0.717, 1.165) is 5.56 Å². The fourth-order valence-corrected chi connectivity index (χ4v) is 3.39. The van der Waals surface area contributed by atoms with Crippen molar-refractivity contribution in [2.24, 2.45) is 5.73 Å². The number of ether oxygens (including phenoxy) is 1. The predicted molar refractivity (Wildman–Crippen MR) is 137 cm³/mol. The summed E-state index contributed by atoms with van der Waals surface area (Å²) in [5.41, 5.74) is 13.7. The van der Waals surface area contributed by atoms with Crippen molar-refractivity contribution in [3.8, 4) is 0 Å². The number of carbonyl (C=O) groups excluding carboxylic acids is 3. The number of nitrogens with one attached hydrogen (secondary N) is 4. The van der Waals surface area contributed by atoms with E-state index in [0.29, 0.717) is 16.8 Å². The summed E-state index contributed by atoms with van der Waals surface area (Å²) >= 11 is 0. The highest BCUT2D eigenvalue weighted by atomic mass is 16.5. The SMILES string of the molecule is CCOC(=O)N[C@@H](Cc1ccc(C(=N)N)cc1)C(=O)N[C@@H](CCC(O)O)C(=O)NCc1ccc(N)cc1. The monoisotopic (exact) mass is 514 g/mol. The first-order chi connectivity index (χ1) is 17.6. The zero-order valence-corrected chi connectivity index (χ0v) is 20.6. The van der Waals surface area contributed by atoms with Crippen molar-refractivity contribution in [1.82, 2.24) is 16.0 Å². The summed E-state index contributed by atoms with van der Waals surface area (Å²) in [7, 11) is 0. The quantitative estimate of drug-likeness (QED) is 0.0792. The Kier molecular flexibility index (Phi) is 11.3. The van der Waals surface area contributed by atoms with Crippen molar-refractivity contribution in [3.63, 3.8) is 0 Å². The van der Waals surface area contributed by atoms with Gasteiger partial charge < -0.3 is 42.4 Å². The number of nitrogens with two attached hydrogens (primary N) is 2. The smallest absolute Gasteiger partial charge is 0.407 e. The van der Waals surface area contributed by atoms with E-state index >= 15 is 0 Å². The average molecular weight is 515 g/mol. The lowest BCUT2D eigenvalue weighted by Crippen LogP contribution is -2.54. The van der Waals surface area contributed by atoms with Gasteiger partial charge in [0, 0.05) is 30.6 Å². The van der Waals surface area contributed by atoms with Crippen LogP contribution in [0.5, 0.6) is 0 Å². The average Bonchev–Trinajstić information content (AvgIpc) is 2.85. The molecule has 0 aliphatic carbocycles. The Morgan fingerprint density at radius 2 is 1.54 bits per heavy atom. The van der Waals surface area contributed by atoms with Crippen LogP contribution in [0.4, 0.5) is 10.5 Å². The molecule has 0 aromatic heterocycles. The summed E-state index contributed by atoms with van der Waals surface area (Å²) < 4.78 is 4.91. The van der Waals surface area contributed by atoms with E-state index in [4.69, 9.17) is 21.6 Å². The third-order valence-corrected chi connectivity index (χ3v) is 5.38. The molecule has 3 amide bonds. The summed E-state index contributed by atoms with van der Waals surface area (Å²) in [6.07, 6.45) is -2.64. The van der Waals surface area contributed by atoms with E-state index in [9.17, 15) is 24.6 Å². The number of hydrogen-bond donors (Lipinski definition) is 8. The molecule has 0 heterocycles. The third-order valence-electron chi connectivity index (χ3n) is 5.38. The molecular formula is C25H34N6O6. The fraction of sp³-hybridized carbons (Fsp3) is 0.360. The van der Waals surface area contributed by atoms with E-state index < -0.39 is 36.3 Å². The molecule has 2 aromatic carbocycles. The lowest BCUT2D eigenvalue weighted by molar-refractivity contribution is -0.130. The van der Waals surface area contributed by atoms with Crippen LogP contribution >= 0.6 is 0 Å². The van der Waals surface area contributed by atoms with Crippen LogP contribution in [0.25, 0.3) is 0 Å². The van der Waals surface area contributed by atoms with Crippen molar-refractivity contribution in [2.75, 3.05) is 12.3 Å². The maximum absolute atomic E-state index is 13.2. The Balaban J connectivity index is 2.15. The summed E-state index contributed by atoms with van der Waals surface area (Å²) in [6, 6.07) is 11.2. The molecule has 0 aliphatic rings. The Labute approximate surface area is 214 Å². The van der Waals surface area contributed by atoms with Gasteiger partial charge in [0.05, 0.1) is 6.61 Å². The number of alkyl carbamates (subject to hydrolysis) is 1. The number of aliphatic hydroxyl groups excluding tert-OH is 1. The molecule has 2 rings (SSSR count). The second-order valence-electron chi connectivity index (χ2n) is 8.31. The minimum atomic E-state index is -1.67. The van der Waals surface area contributed by atoms with Crippen molar-refractivity contribution in [2.45, 2.75) is 51.1 Å². The van der Waals surface area contributed by atoms with Gasteiger partial charge >= 0.3 is 6.09 Å². The van der Waals surface area contributed by atoms with E-state index in [1.165, 1.54) is 0 Å². The Bertz CT molecular complexity index is 1060. The van der Waals surface area contributed by atoms with Gasteiger partial charge in [0.25, 0.3) is 0 Å². The largest absolute Gasteiger partial charge is 0.450 e. The molecule has 37 heavy (non-hydrogen) atoms. The second-order valence-corrected chi connectivity index (χ2v) is 8.31. The number of rotatable bonds is 13. The van der Waals surface area contributed by atoms with Gasteiger partial charge in [-0.15, -0.1) is 0 Å². The molecule has 0 aliphatic heterocycles. The van der Waals surface area contributed by atoms with Crippen LogP contribution in [-0.4, -0.2) is 58.9 Å². The van der Waals surface area contributed by atoms with Crippen LogP contribution in [0.3, 0.4) is 0 Å². The van der Waals surface area contributed by atoms with Crippen molar-refractivity contribution in [3.05, 3.63) is 65.2 Å². The zero-order chi connectivity index (χ0) is 27.4. The molecular weight excluding hydrogens is 480 g/mol. The molecule has 0 spiro atoms. The summed E-state index contributed by atoms with van der Waals surface area (Å²) in [5.74, 6) is -1.31. The first kappa shape index (κ1) is 29.1. The van der Waals surface area contributed by atoms with Gasteiger partial charge in [-0.1, -0.05) is 36.4 Å². The van der Waals surface area contributed by atoms with E-state index in [2.05, 4.69) is 16.0 Å². The van der Waals surface area contributed by atoms with Crippen molar-refractivity contribution >= 4 is 29.4 Å². The van der Waals surface area contributed by atoms with Crippen LogP contribution in [0, 0.1) is 5.41 Å². The highest BCUT2D eigenvalue weighted by Gasteiger charge is 2.28. The van der Waals surface area contributed by atoms with E-state index in [1.807, 2.05) is 0 Å². The number of carbonyl (C=O) groups is 3. The molecule has 0 unspecified atom stereocenters. The highest BCUT2D eigenvalue weighted by Crippen LogP contribution is 2.10. The Morgan fingerprint density at radius 1 is 0.919 bits per heavy atom. The molecule has 0 saturated carbocycles. The molecule has 12 heteroatoms. The molecule has 2 aromatic rings. The highest BCUT2D eigenvalue weighted by molar-refractivity contribution is 5.95. The minimum absolute atomic E-state index is 0.0591. The van der Waals surface area contributed by atoms with E-state index in [-0.39, 0.29) is 38.2 Å². The maximum atomic E-state index is 13.2. The number of amides is 3. The van der Waals surface area contributed by atoms with Crippen LogP contribution in [-0.2, 0) is 27.3 Å². The minimum Gasteiger partial charge on any atom is -0.450 e. The number of nitrogen functional groups attached to an aromatic ring is 2. The van der Waals surface area contributed by atoms with Gasteiger partial charge in [-0.25, -0.2) is 4.79 Å². The Hall–Kier alpha value is -4.16. The van der Waals surface area contributed by atoms with Gasteiger partial charge in [0.1, 0.15) is 17.9 Å². The fourth-order valence-electron chi connectivity index (χ4n) is 3.39. The van der Waals surface area contributed by atoms with Crippen LogP contribution in [0.1, 0.15) is 36.5 Å². The second kappa shape index (κ2) is 14.4. The van der Waals surface area contributed by atoms with Crippen molar-refractivity contribution in [1.29, 1.82) is 5.41 Å². The zero-order valence-electron chi connectivity index (χ0n) is 20.6. The summed E-state index contributed by atoms with van der Waals surface area (Å²) in [4.78, 5) is 38.2. The summed E-state index contributed by atoms with van der Waals surface area (Å²) in [6.45, 7) is 1.88. The number of benzene rings is 2. The molecule has 0 fully saturated rings. The first-order valence-corrected chi connectivity index (χ1v) is 11.7. The lowest BCUT2D eigenvalue weighted by Gasteiger charge is -2.23. The standard InChI is InChI=1S/C25H34N6O6/c1-2-37-25(36)31-20(13-15-3-7-17(8-4-15)22(27)28)24(35)30-19(11-12-21(32)33)23(34)29-14-16-5-9-18(26)10-6-16/h3-10,19-21,32-33H,2,11-14,26H2,1H3,(H3,27,28)(H,29,34)(H,30,35)(H,31,36)/t19-,20-/m0/s1. The van der Waals surface area contributed by atoms with E-state index in [1.54, 1.807) is 55.5 Å². The topological polar surface area (TPSA) is 213 Å². The van der Waals surface area contributed by atoms with Gasteiger partial charge in [-0.3, -0.25) is 15.0 Å². The van der Waals surface area contributed by atoms with Crippen LogP contribution in [0.2, 0.25) is 0 Å². The molecule has 2 atom stereocenters. The number of anilines is 1. The Morgan fingerprint density at radius 3 is 2.11 bits per heavy atom. The lowest BCUT2D eigenvalue weighted by atomic mass is 10.0. The predicted octanol–water partition coefficient (Wildman–Crippen LogP) is 0.102. The summed E-state index contributed by atoms with van der Waals surface area (Å²) in [5, 5.41) is 33.9. The molecule has 0 bridgehead atoms. The normalized spacial score (nSPS) is 12.3. The van der Waals surface area contributed by atoms with Crippen LogP contribution < -0.4 is 27.4 Å². The van der Waals surface area contributed by atoms with Crippen molar-refractivity contribution < 1.29 is 29.3 Å². The van der Waals surface area contributed by atoms with Crippen LogP contribution in [0.15, 0.2) is 48.5 Å². The number of amidine groups is 1. The molecule has 0 saturated heterocycles.